The van der Waals surface area contributed by atoms with Gasteiger partial charge in [0.2, 0.25) is 0 Å². The van der Waals surface area contributed by atoms with Crippen LogP contribution in [0, 0.1) is 5.92 Å². The average molecular weight is 264 g/mol. The number of aliphatic carboxylic acids is 1. The molecule has 1 aromatic rings. The van der Waals surface area contributed by atoms with E-state index in [2.05, 4.69) is 15.3 Å². The van der Waals surface area contributed by atoms with Crippen LogP contribution < -0.4 is 5.32 Å². The normalized spacial score (nSPS) is 22.9. The molecule has 2 N–H and O–H groups in total. The Balaban J connectivity index is 1.95. The van der Waals surface area contributed by atoms with E-state index in [0.29, 0.717) is 25.1 Å². The zero-order chi connectivity index (χ0) is 13.8. The van der Waals surface area contributed by atoms with E-state index in [1.807, 2.05) is 6.92 Å². The van der Waals surface area contributed by atoms with Crippen molar-refractivity contribution in [1.82, 2.24) is 14.9 Å². The van der Waals surface area contributed by atoms with Gasteiger partial charge in [-0.1, -0.05) is 0 Å². The molecule has 0 radical (unpaired) electrons. The number of hydrogen-bond acceptors (Lipinski definition) is 4. The number of nitrogens with one attached hydrogen (secondary N) is 1. The summed E-state index contributed by atoms with van der Waals surface area (Å²) < 4.78 is 0. The number of nitrogens with zero attached hydrogens (tertiary/aromatic N) is 3. The Kier molecular flexibility index (Phi) is 3.94. The Morgan fingerprint density at radius 1 is 1.42 bits per heavy atom. The number of urea groups is 1. The second-order valence-electron chi connectivity index (χ2n) is 4.66. The number of hydrogen-bond donors (Lipinski definition) is 2. The van der Waals surface area contributed by atoms with Crippen molar-refractivity contribution in [3.8, 4) is 0 Å². The third kappa shape index (κ3) is 3.18. The van der Waals surface area contributed by atoms with Gasteiger partial charge < -0.3 is 15.3 Å². The van der Waals surface area contributed by atoms with Gasteiger partial charge in [-0.2, -0.15) is 0 Å². The summed E-state index contributed by atoms with van der Waals surface area (Å²) in [4.78, 5) is 32.3. The lowest BCUT2D eigenvalue weighted by atomic mass is 9.92. The number of aromatic nitrogens is 2. The minimum atomic E-state index is -0.789. The van der Waals surface area contributed by atoms with Crippen LogP contribution in [0.1, 0.15) is 19.8 Å². The van der Waals surface area contributed by atoms with Gasteiger partial charge >= 0.3 is 12.0 Å². The van der Waals surface area contributed by atoms with Crippen LogP contribution in [-0.4, -0.2) is 44.6 Å². The lowest BCUT2D eigenvalue weighted by Crippen LogP contribution is -2.47. The molecule has 2 unspecified atom stereocenters. The van der Waals surface area contributed by atoms with E-state index in [1.165, 1.54) is 18.7 Å². The molecule has 1 aliphatic heterocycles. The highest BCUT2D eigenvalue weighted by atomic mass is 16.4. The van der Waals surface area contributed by atoms with Crippen molar-refractivity contribution in [1.29, 1.82) is 0 Å². The number of amides is 2. The summed E-state index contributed by atoms with van der Waals surface area (Å²) in [5.41, 5.74) is 0.528. The lowest BCUT2D eigenvalue weighted by molar-refractivity contribution is -0.143. The fourth-order valence-electron chi connectivity index (χ4n) is 2.26. The number of anilines is 1. The molecule has 0 spiro atoms. The van der Waals surface area contributed by atoms with E-state index < -0.39 is 5.97 Å². The highest BCUT2D eigenvalue weighted by Crippen LogP contribution is 2.23. The summed E-state index contributed by atoms with van der Waals surface area (Å²) in [7, 11) is 0. The highest BCUT2D eigenvalue weighted by Gasteiger charge is 2.32. The van der Waals surface area contributed by atoms with Crippen LogP contribution in [0.2, 0.25) is 0 Å². The fourth-order valence-corrected chi connectivity index (χ4v) is 2.26. The van der Waals surface area contributed by atoms with E-state index in [-0.39, 0.29) is 18.0 Å². The largest absolute Gasteiger partial charge is 0.481 e. The third-order valence-electron chi connectivity index (χ3n) is 3.30. The van der Waals surface area contributed by atoms with Crippen molar-refractivity contribution in [3.63, 3.8) is 0 Å². The predicted octanol–water partition coefficient (Wildman–Crippen LogP) is 1.19. The first-order valence-electron chi connectivity index (χ1n) is 6.13. The van der Waals surface area contributed by atoms with E-state index in [9.17, 15) is 9.59 Å². The van der Waals surface area contributed by atoms with Gasteiger partial charge in [-0.15, -0.1) is 0 Å². The van der Waals surface area contributed by atoms with Crippen molar-refractivity contribution >= 4 is 17.7 Å². The number of carboxylic acid groups (broad SMARTS) is 1. The van der Waals surface area contributed by atoms with Crippen LogP contribution in [0.25, 0.3) is 0 Å². The van der Waals surface area contributed by atoms with E-state index in [1.54, 1.807) is 4.90 Å². The summed E-state index contributed by atoms with van der Waals surface area (Å²) in [6.45, 7) is 2.30. The minimum Gasteiger partial charge on any atom is -0.481 e. The van der Waals surface area contributed by atoms with Gasteiger partial charge in [0.1, 0.15) is 6.33 Å². The Hall–Kier alpha value is -2.18. The molecule has 2 rings (SSSR count). The molecule has 1 aliphatic rings. The Morgan fingerprint density at radius 3 is 2.68 bits per heavy atom. The molecular weight excluding hydrogens is 248 g/mol. The maximum absolute atomic E-state index is 12.1. The van der Waals surface area contributed by atoms with Gasteiger partial charge in [-0.05, 0) is 19.8 Å². The zero-order valence-corrected chi connectivity index (χ0v) is 10.6. The van der Waals surface area contributed by atoms with Gasteiger partial charge in [-0.3, -0.25) is 4.79 Å². The van der Waals surface area contributed by atoms with Gasteiger partial charge in [0.25, 0.3) is 0 Å². The summed E-state index contributed by atoms with van der Waals surface area (Å²) in [6, 6.07) is -0.342. The predicted molar refractivity (Wildman–Crippen MR) is 67.6 cm³/mol. The standard InChI is InChI=1S/C12H16N4O3/c1-8-4-9(11(17)18)2-3-16(8)12(19)15-10-5-13-7-14-6-10/h5-9H,2-4H2,1H3,(H,15,19)(H,17,18). The molecule has 7 heteroatoms. The molecule has 0 aliphatic carbocycles. The SMILES string of the molecule is CC1CC(C(=O)O)CCN1C(=O)Nc1cncnc1. The van der Waals surface area contributed by atoms with Gasteiger partial charge in [-0.25, -0.2) is 14.8 Å². The molecule has 7 nitrogen and oxygen atoms in total. The van der Waals surface area contributed by atoms with Crippen LogP contribution in [0.4, 0.5) is 10.5 Å². The van der Waals surface area contributed by atoms with Crippen LogP contribution >= 0.6 is 0 Å². The average Bonchev–Trinajstić information content (AvgIpc) is 2.39. The van der Waals surface area contributed by atoms with Crippen molar-refractivity contribution < 1.29 is 14.7 Å². The molecule has 19 heavy (non-hydrogen) atoms. The van der Waals surface area contributed by atoms with E-state index in [0.717, 1.165) is 0 Å². The minimum absolute atomic E-state index is 0.0977. The molecule has 2 heterocycles. The smallest absolute Gasteiger partial charge is 0.322 e. The second-order valence-corrected chi connectivity index (χ2v) is 4.66. The first kappa shape index (κ1) is 13.3. The second kappa shape index (κ2) is 5.64. The van der Waals surface area contributed by atoms with E-state index >= 15 is 0 Å². The molecule has 1 aromatic heterocycles. The molecule has 2 amide bonds. The molecule has 0 bridgehead atoms. The summed E-state index contributed by atoms with van der Waals surface area (Å²) >= 11 is 0. The summed E-state index contributed by atoms with van der Waals surface area (Å²) in [6.07, 6.45) is 5.38. The monoisotopic (exact) mass is 264 g/mol. The summed E-state index contributed by atoms with van der Waals surface area (Å²) in [5.74, 6) is -1.15. The topological polar surface area (TPSA) is 95.4 Å². The Bertz CT molecular complexity index is 465. The van der Waals surface area contributed by atoms with Crippen molar-refractivity contribution in [2.75, 3.05) is 11.9 Å². The molecule has 0 saturated carbocycles. The molecule has 102 valence electrons. The Labute approximate surface area is 110 Å². The molecule has 1 saturated heterocycles. The van der Waals surface area contributed by atoms with Crippen LogP contribution in [0.15, 0.2) is 18.7 Å². The van der Waals surface area contributed by atoms with Crippen LogP contribution in [0.3, 0.4) is 0 Å². The van der Waals surface area contributed by atoms with Crippen LogP contribution in [0.5, 0.6) is 0 Å². The molecule has 1 fully saturated rings. The fraction of sp³-hybridized carbons (Fsp3) is 0.500. The van der Waals surface area contributed by atoms with E-state index in [4.69, 9.17) is 5.11 Å². The molecule has 0 aromatic carbocycles. The number of rotatable bonds is 2. The summed E-state index contributed by atoms with van der Waals surface area (Å²) in [5, 5.41) is 11.7. The van der Waals surface area contributed by atoms with Gasteiger partial charge in [0.05, 0.1) is 24.0 Å². The molecular formula is C12H16N4O3. The molecule has 2 atom stereocenters. The zero-order valence-electron chi connectivity index (χ0n) is 10.6. The Morgan fingerprint density at radius 2 is 2.11 bits per heavy atom. The maximum atomic E-state index is 12.1. The number of piperidine rings is 1. The number of carboxylic acids is 1. The number of carbonyl (C=O) groups is 2. The van der Waals surface area contributed by atoms with Gasteiger partial charge in [0.15, 0.2) is 0 Å². The number of likely N-dealkylation sites (tertiary alicyclic amines) is 1. The first-order chi connectivity index (χ1) is 9.08. The van der Waals surface area contributed by atoms with Gasteiger partial charge in [0, 0.05) is 12.6 Å². The first-order valence-corrected chi connectivity index (χ1v) is 6.13. The van der Waals surface area contributed by atoms with Crippen LogP contribution in [-0.2, 0) is 4.79 Å². The maximum Gasteiger partial charge on any atom is 0.322 e. The van der Waals surface area contributed by atoms with Crippen molar-refractivity contribution in [2.24, 2.45) is 5.92 Å². The lowest BCUT2D eigenvalue weighted by Gasteiger charge is -2.36. The van der Waals surface area contributed by atoms with Crippen molar-refractivity contribution in [3.05, 3.63) is 18.7 Å². The number of carbonyl (C=O) groups excluding carboxylic acids is 1. The quantitative estimate of drug-likeness (QED) is 0.836. The highest BCUT2D eigenvalue weighted by molar-refractivity contribution is 5.89. The third-order valence-corrected chi connectivity index (χ3v) is 3.30. The van der Waals surface area contributed by atoms with Crippen molar-refractivity contribution in [2.45, 2.75) is 25.8 Å².